The van der Waals surface area contributed by atoms with E-state index in [2.05, 4.69) is 22.9 Å². The summed E-state index contributed by atoms with van der Waals surface area (Å²) < 4.78 is 0. The molecule has 1 amide bonds. The van der Waals surface area contributed by atoms with E-state index in [1.165, 1.54) is 12.8 Å². The van der Waals surface area contributed by atoms with Gasteiger partial charge in [-0.3, -0.25) is 5.32 Å². The summed E-state index contributed by atoms with van der Waals surface area (Å²) in [5, 5.41) is 13.3. The number of carboxylic acid groups (broad SMARTS) is 1. The van der Waals surface area contributed by atoms with Crippen molar-refractivity contribution in [1.29, 1.82) is 0 Å². The third-order valence-electron chi connectivity index (χ3n) is 1.47. The molecule has 0 aromatic carbocycles. The first-order valence-electron chi connectivity index (χ1n) is 3.46. The lowest BCUT2D eigenvalue weighted by Crippen LogP contribution is -2.39. The van der Waals surface area contributed by atoms with E-state index in [1.54, 1.807) is 0 Å². The number of hydrogen-bond acceptors (Lipinski definition) is 2. The number of nitrogens with one attached hydrogen (secondary N) is 2. The Morgan fingerprint density at radius 3 is 2.73 bits per heavy atom. The second kappa shape index (κ2) is 3.52. The summed E-state index contributed by atoms with van der Waals surface area (Å²) >= 11 is 4.67. The van der Waals surface area contributed by atoms with E-state index in [4.69, 9.17) is 5.11 Å². The van der Waals surface area contributed by atoms with Crippen LogP contribution in [0.1, 0.15) is 12.8 Å². The van der Waals surface area contributed by atoms with E-state index in [-0.39, 0.29) is 5.11 Å². The molecule has 1 aliphatic rings. The van der Waals surface area contributed by atoms with Gasteiger partial charge in [0.15, 0.2) is 5.11 Å². The maximum Gasteiger partial charge on any atom is 0.410 e. The second-order valence-corrected chi connectivity index (χ2v) is 2.99. The highest BCUT2D eigenvalue weighted by Gasteiger charge is 2.20. The van der Waals surface area contributed by atoms with Crippen LogP contribution >= 0.6 is 12.2 Å². The monoisotopic (exact) mass is 174 g/mol. The van der Waals surface area contributed by atoms with Gasteiger partial charge in [0, 0.05) is 6.54 Å². The normalized spacial score (nSPS) is 15.6. The predicted octanol–water partition coefficient (Wildman–Crippen LogP) is 0.538. The molecule has 1 fully saturated rings. The fourth-order valence-electron chi connectivity index (χ4n) is 0.700. The highest BCUT2D eigenvalue weighted by Crippen LogP contribution is 2.27. The smallest absolute Gasteiger partial charge is 0.410 e. The van der Waals surface area contributed by atoms with Crippen LogP contribution < -0.4 is 10.6 Å². The first-order chi connectivity index (χ1) is 5.18. The fraction of sp³-hybridized carbons (Fsp3) is 0.667. The Kier molecular flexibility index (Phi) is 2.64. The van der Waals surface area contributed by atoms with Crippen molar-refractivity contribution in [2.24, 2.45) is 5.92 Å². The van der Waals surface area contributed by atoms with Crippen LogP contribution in [0.4, 0.5) is 4.79 Å². The first-order valence-corrected chi connectivity index (χ1v) is 3.87. The summed E-state index contributed by atoms with van der Waals surface area (Å²) in [5.74, 6) is 0.698. The van der Waals surface area contributed by atoms with Crippen LogP contribution in [0, 0.1) is 5.92 Å². The first kappa shape index (κ1) is 8.26. The molecule has 0 aliphatic heterocycles. The predicted molar refractivity (Wildman–Crippen MR) is 44.5 cm³/mol. The molecule has 0 atom stereocenters. The van der Waals surface area contributed by atoms with Crippen molar-refractivity contribution in [3.63, 3.8) is 0 Å². The van der Waals surface area contributed by atoms with Gasteiger partial charge in [0.05, 0.1) is 0 Å². The summed E-state index contributed by atoms with van der Waals surface area (Å²) in [6.07, 6.45) is 1.34. The van der Waals surface area contributed by atoms with Gasteiger partial charge in [-0.2, -0.15) is 0 Å². The highest BCUT2D eigenvalue weighted by atomic mass is 32.1. The SMILES string of the molecule is O=C(O)NC(=S)NCC1CC1. The Labute approximate surface area is 70.0 Å². The van der Waals surface area contributed by atoms with Gasteiger partial charge in [-0.1, -0.05) is 0 Å². The van der Waals surface area contributed by atoms with Gasteiger partial charge >= 0.3 is 6.09 Å². The van der Waals surface area contributed by atoms with E-state index in [9.17, 15) is 4.79 Å². The molecule has 0 unspecified atom stereocenters. The lowest BCUT2D eigenvalue weighted by atomic mass is 10.4. The molecule has 5 heteroatoms. The maximum absolute atomic E-state index is 10.0. The van der Waals surface area contributed by atoms with Crippen molar-refractivity contribution >= 4 is 23.4 Å². The van der Waals surface area contributed by atoms with Gasteiger partial charge in [-0.05, 0) is 31.0 Å². The molecule has 0 aromatic rings. The third kappa shape index (κ3) is 3.77. The van der Waals surface area contributed by atoms with E-state index in [0.29, 0.717) is 5.92 Å². The average Bonchev–Trinajstić information content (AvgIpc) is 2.63. The zero-order valence-corrected chi connectivity index (χ0v) is 6.78. The van der Waals surface area contributed by atoms with Gasteiger partial charge in [0.25, 0.3) is 0 Å². The van der Waals surface area contributed by atoms with Gasteiger partial charge in [-0.15, -0.1) is 0 Å². The molecular formula is C6H10N2O2S. The molecule has 3 N–H and O–H groups in total. The molecule has 0 heterocycles. The molecule has 1 saturated carbocycles. The zero-order chi connectivity index (χ0) is 8.27. The second-order valence-electron chi connectivity index (χ2n) is 2.58. The Balaban J connectivity index is 2.04. The standard InChI is InChI=1S/C6H10N2O2S/c9-6(10)8-5(11)7-3-4-1-2-4/h4H,1-3H2,(H,9,10)(H2,7,8,11). The number of thiocarbonyl (C=S) groups is 1. The number of rotatable bonds is 2. The fourth-order valence-corrected chi connectivity index (χ4v) is 0.871. The van der Waals surface area contributed by atoms with Crippen molar-refractivity contribution in [3.05, 3.63) is 0 Å². The number of carbonyl (C=O) groups is 1. The quantitative estimate of drug-likeness (QED) is 0.535. The topological polar surface area (TPSA) is 61.4 Å². The largest absolute Gasteiger partial charge is 0.465 e. The van der Waals surface area contributed by atoms with Crippen molar-refractivity contribution in [1.82, 2.24) is 10.6 Å². The molecule has 11 heavy (non-hydrogen) atoms. The molecular weight excluding hydrogens is 164 g/mol. The molecule has 1 aliphatic carbocycles. The van der Waals surface area contributed by atoms with Crippen LogP contribution in [0.3, 0.4) is 0 Å². The summed E-state index contributed by atoms with van der Waals surface area (Å²) in [6, 6.07) is 0. The molecule has 0 radical (unpaired) electrons. The lowest BCUT2D eigenvalue weighted by Gasteiger charge is -2.04. The van der Waals surface area contributed by atoms with Crippen molar-refractivity contribution < 1.29 is 9.90 Å². The number of amides is 1. The molecule has 4 nitrogen and oxygen atoms in total. The highest BCUT2D eigenvalue weighted by molar-refractivity contribution is 7.80. The van der Waals surface area contributed by atoms with Gasteiger partial charge < -0.3 is 10.4 Å². The van der Waals surface area contributed by atoms with E-state index in [1.807, 2.05) is 0 Å². The molecule has 1 rings (SSSR count). The third-order valence-corrected chi connectivity index (χ3v) is 1.72. The van der Waals surface area contributed by atoms with Crippen molar-refractivity contribution in [3.8, 4) is 0 Å². The van der Waals surface area contributed by atoms with Crippen molar-refractivity contribution in [2.75, 3.05) is 6.54 Å². The van der Waals surface area contributed by atoms with Crippen LogP contribution in [-0.4, -0.2) is 22.9 Å². The van der Waals surface area contributed by atoms with E-state index in [0.717, 1.165) is 6.54 Å². The minimum atomic E-state index is -1.11. The minimum absolute atomic E-state index is 0.199. The van der Waals surface area contributed by atoms with Crippen LogP contribution in [0.5, 0.6) is 0 Å². The Morgan fingerprint density at radius 1 is 1.64 bits per heavy atom. The number of hydrogen-bond donors (Lipinski definition) is 3. The van der Waals surface area contributed by atoms with Crippen LogP contribution in [0.15, 0.2) is 0 Å². The molecule has 0 saturated heterocycles. The Bertz CT molecular complexity index is 179. The van der Waals surface area contributed by atoms with Crippen LogP contribution in [0.25, 0.3) is 0 Å². The van der Waals surface area contributed by atoms with E-state index >= 15 is 0 Å². The van der Waals surface area contributed by atoms with Gasteiger partial charge in [0.2, 0.25) is 0 Å². The summed E-state index contributed by atoms with van der Waals surface area (Å²) in [7, 11) is 0. The molecule has 0 bridgehead atoms. The summed E-state index contributed by atoms with van der Waals surface area (Å²) in [4.78, 5) is 10.0. The summed E-state index contributed by atoms with van der Waals surface area (Å²) in [6.45, 7) is 0.791. The van der Waals surface area contributed by atoms with Crippen molar-refractivity contribution in [2.45, 2.75) is 12.8 Å². The average molecular weight is 174 g/mol. The van der Waals surface area contributed by atoms with Crippen LogP contribution in [-0.2, 0) is 0 Å². The van der Waals surface area contributed by atoms with Crippen LogP contribution in [0.2, 0.25) is 0 Å². The Hall–Kier alpha value is -0.840. The molecule has 0 spiro atoms. The van der Waals surface area contributed by atoms with E-state index < -0.39 is 6.09 Å². The minimum Gasteiger partial charge on any atom is -0.465 e. The molecule has 0 aromatic heterocycles. The van der Waals surface area contributed by atoms with Gasteiger partial charge in [-0.25, -0.2) is 4.79 Å². The summed E-state index contributed by atoms with van der Waals surface area (Å²) in [5.41, 5.74) is 0. The lowest BCUT2D eigenvalue weighted by molar-refractivity contribution is 0.200. The molecule has 62 valence electrons. The Morgan fingerprint density at radius 2 is 2.27 bits per heavy atom. The maximum atomic E-state index is 10.0. The van der Waals surface area contributed by atoms with Gasteiger partial charge in [0.1, 0.15) is 0 Å². The zero-order valence-electron chi connectivity index (χ0n) is 5.96.